The number of carbonyl (C=O) groups is 2. The van der Waals surface area contributed by atoms with Gasteiger partial charge in [-0.2, -0.15) is 0 Å². The van der Waals surface area contributed by atoms with Crippen LogP contribution >= 0.6 is 0 Å². The molecule has 1 fully saturated rings. The lowest BCUT2D eigenvalue weighted by molar-refractivity contribution is -0.125. The number of piperazine rings is 1. The molecule has 1 atom stereocenters. The molecule has 5 heteroatoms. The van der Waals surface area contributed by atoms with Gasteiger partial charge in [0.25, 0.3) is 0 Å². The van der Waals surface area contributed by atoms with Crippen LogP contribution in [0.5, 0.6) is 0 Å². The second kappa shape index (κ2) is 8.35. The number of amides is 2. The molecule has 1 aliphatic rings. The minimum atomic E-state index is -0.0554. The summed E-state index contributed by atoms with van der Waals surface area (Å²) >= 11 is 0. The predicted molar refractivity (Wildman–Crippen MR) is 108 cm³/mol. The van der Waals surface area contributed by atoms with Gasteiger partial charge in [0, 0.05) is 18.8 Å². The zero-order valence-electron chi connectivity index (χ0n) is 16.2. The maximum Gasteiger partial charge on any atom is 0.241 e. The molecule has 1 aliphatic heterocycles. The number of para-hydroxylation sites is 1. The first-order chi connectivity index (χ1) is 12.9. The number of nitrogens with zero attached hydrogens (tertiary/aromatic N) is 2. The highest BCUT2D eigenvalue weighted by atomic mass is 16.2. The minimum Gasteiger partial charge on any atom is -0.348 e. The summed E-state index contributed by atoms with van der Waals surface area (Å²) in [6.07, 6.45) is 0. The summed E-state index contributed by atoms with van der Waals surface area (Å²) < 4.78 is 0. The second-order valence-corrected chi connectivity index (χ2v) is 7.24. The Bertz CT molecular complexity index is 817. The monoisotopic (exact) mass is 365 g/mol. The van der Waals surface area contributed by atoms with Crippen LogP contribution < -0.4 is 10.2 Å². The summed E-state index contributed by atoms with van der Waals surface area (Å²) in [7, 11) is 0. The molecular weight excluding hydrogens is 338 g/mol. The van der Waals surface area contributed by atoms with Crippen LogP contribution in [0.3, 0.4) is 0 Å². The van der Waals surface area contributed by atoms with E-state index in [-0.39, 0.29) is 30.9 Å². The zero-order chi connectivity index (χ0) is 19.4. The summed E-state index contributed by atoms with van der Waals surface area (Å²) in [5.74, 6) is -0.0184. The van der Waals surface area contributed by atoms with Gasteiger partial charge in [0.15, 0.2) is 0 Å². The molecule has 1 heterocycles. The number of hydrogen-bond acceptors (Lipinski definition) is 3. The van der Waals surface area contributed by atoms with Crippen molar-refractivity contribution in [1.29, 1.82) is 0 Å². The highest BCUT2D eigenvalue weighted by Gasteiger charge is 2.27. The molecule has 2 aromatic carbocycles. The summed E-state index contributed by atoms with van der Waals surface area (Å²) in [5, 5.41) is 3.02. The largest absolute Gasteiger partial charge is 0.348 e. The number of nitrogens with one attached hydrogen (secondary N) is 1. The number of rotatable bonds is 5. The van der Waals surface area contributed by atoms with Crippen molar-refractivity contribution in [2.75, 3.05) is 31.1 Å². The molecule has 2 amide bonds. The van der Waals surface area contributed by atoms with E-state index >= 15 is 0 Å². The van der Waals surface area contributed by atoms with Crippen molar-refractivity contribution in [1.82, 2.24) is 10.2 Å². The first kappa shape index (κ1) is 19.1. The normalized spacial score (nSPS) is 16.3. The fourth-order valence-corrected chi connectivity index (χ4v) is 3.41. The smallest absolute Gasteiger partial charge is 0.241 e. The Morgan fingerprint density at radius 3 is 2.44 bits per heavy atom. The van der Waals surface area contributed by atoms with Gasteiger partial charge in [0.05, 0.1) is 19.1 Å². The molecule has 0 radical (unpaired) electrons. The summed E-state index contributed by atoms with van der Waals surface area (Å²) in [5.41, 5.74) is 4.32. The number of benzene rings is 2. The van der Waals surface area contributed by atoms with E-state index in [1.165, 1.54) is 5.56 Å². The Kier molecular flexibility index (Phi) is 5.91. The Morgan fingerprint density at radius 1 is 1.07 bits per heavy atom. The molecule has 2 aromatic rings. The van der Waals surface area contributed by atoms with Gasteiger partial charge in [0.1, 0.15) is 0 Å². The SMILES string of the molecule is Cc1ccc([C@H](C)NC(=O)CN2CCN(c3ccccc3C)C(=O)C2)cc1. The highest BCUT2D eigenvalue weighted by Crippen LogP contribution is 2.21. The molecule has 0 aliphatic carbocycles. The molecule has 1 saturated heterocycles. The second-order valence-electron chi connectivity index (χ2n) is 7.24. The van der Waals surface area contributed by atoms with Crippen molar-refractivity contribution < 1.29 is 9.59 Å². The molecule has 0 saturated carbocycles. The number of aryl methyl sites for hydroxylation is 2. The average molecular weight is 365 g/mol. The van der Waals surface area contributed by atoms with Gasteiger partial charge >= 0.3 is 0 Å². The highest BCUT2D eigenvalue weighted by molar-refractivity contribution is 5.96. The van der Waals surface area contributed by atoms with Gasteiger partial charge < -0.3 is 10.2 Å². The number of anilines is 1. The van der Waals surface area contributed by atoms with Crippen LogP contribution in [0.25, 0.3) is 0 Å². The van der Waals surface area contributed by atoms with Crippen molar-refractivity contribution in [3.05, 3.63) is 65.2 Å². The lowest BCUT2D eigenvalue weighted by atomic mass is 10.1. The van der Waals surface area contributed by atoms with Crippen LogP contribution in [-0.4, -0.2) is 42.9 Å². The Labute approximate surface area is 161 Å². The van der Waals surface area contributed by atoms with Crippen LogP contribution in [0.15, 0.2) is 48.5 Å². The molecule has 1 N–H and O–H groups in total. The van der Waals surface area contributed by atoms with E-state index < -0.39 is 0 Å². The zero-order valence-corrected chi connectivity index (χ0v) is 16.2. The number of carbonyl (C=O) groups excluding carboxylic acids is 2. The Hall–Kier alpha value is -2.66. The molecule has 0 unspecified atom stereocenters. The first-order valence-electron chi connectivity index (χ1n) is 9.38. The lowest BCUT2D eigenvalue weighted by Gasteiger charge is -2.34. The lowest BCUT2D eigenvalue weighted by Crippen LogP contribution is -2.53. The van der Waals surface area contributed by atoms with Crippen molar-refractivity contribution in [3.8, 4) is 0 Å². The van der Waals surface area contributed by atoms with Crippen molar-refractivity contribution >= 4 is 17.5 Å². The Balaban J connectivity index is 1.53. The van der Waals surface area contributed by atoms with Gasteiger partial charge in [0.2, 0.25) is 11.8 Å². The van der Waals surface area contributed by atoms with E-state index in [0.29, 0.717) is 13.1 Å². The van der Waals surface area contributed by atoms with Crippen molar-refractivity contribution in [2.24, 2.45) is 0 Å². The fourth-order valence-electron chi connectivity index (χ4n) is 3.41. The van der Waals surface area contributed by atoms with Gasteiger partial charge in [-0.25, -0.2) is 0 Å². The third-order valence-corrected chi connectivity index (χ3v) is 5.03. The standard InChI is InChI=1S/C22H27N3O2/c1-16-8-10-19(11-9-16)18(3)23-21(26)14-24-12-13-25(22(27)15-24)20-7-5-4-6-17(20)2/h4-11,18H,12-15H2,1-3H3,(H,23,26)/t18-/m0/s1. The number of hydrogen-bond donors (Lipinski definition) is 1. The summed E-state index contributed by atoms with van der Waals surface area (Å²) in [4.78, 5) is 28.7. The van der Waals surface area contributed by atoms with E-state index in [0.717, 1.165) is 16.8 Å². The van der Waals surface area contributed by atoms with Crippen LogP contribution in [-0.2, 0) is 9.59 Å². The molecule has 5 nitrogen and oxygen atoms in total. The third kappa shape index (κ3) is 4.74. The quantitative estimate of drug-likeness (QED) is 0.886. The van der Waals surface area contributed by atoms with E-state index in [1.54, 1.807) is 0 Å². The third-order valence-electron chi connectivity index (χ3n) is 5.03. The fraction of sp³-hybridized carbons (Fsp3) is 0.364. The topological polar surface area (TPSA) is 52.7 Å². The molecule has 0 spiro atoms. The van der Waals surface area contributed by atoms with Crippen molar-refractivity contribution in [3.63, 3.8) is 0 Å². The van der Waals surface area contributed by atoms with Gasteiger partial charge in [-0.15, -0.1) is 0 Å². The summed E-state index contributed by atoms with van der Waals surface area (Å²) in [6.45, 7) is 7.82. The average Bonchev–Trinajstić information content (AvgIpc) is 2.63. The molecule has 0 bridgehead atoms. The Morgan fingerprint density at radius 2 is 1.78 bits per heavy atom. The van der Waals surface area contributed by atoms with Gasteiger partial charge in [-0.3, -0.25) is 14.5 Å². The van der Waals surface area contributed by atoms with Crippen LogP contribution in [0.1, 0.15) is 29.7 Å². The molecule has 27 heavy (non-hydrogen) atoms. The van der Waals surface area contributed by atoms with Crippen molar-refractivity contribution in [2.45, 2.75) is 26.8 Å². The van der Waals surface area contributed by atoms with Crippen LogP contribution in [0.2, 0.25) is 0 Å². The molecule has 0 aromatic heterocycles. The van der Waals surface area contributed by atoms with Gasteiger partial charge in [-0.05, 0) is 38.0 Å². The van der Waals surface area contributed by atoms with E-state index in [1.807, 2.05) is 79.1 Å². The predicted octanol–water partition coefficient (Wildman–Crippen LogP) is 2.83. The van der Waals surface area contributed by atoms with E-state index in [9.17, 15) is 9.59 Å². The first-order valence-corrected chi connectivity index (χ1v) is 9.38. The molecule has 142 valence electrons. The molecular formula is C22H27N3O2. The van der Waals surface area contributed by atoms with Crippen LogP contribution in [0.4, 0.5) is 5.69 Å². The maximum absolute atomic E-state index is 12.6. The molecule has 3 rings (SSSR count). The summed E-state index contributed by atoms with van der Waals surface area (Å²) in [6, 6.07) is 16.0. The van der Waals surface area contributed by atoms with E-state index in [4.69, 9.17) is 0 Å². The van der Waals surface area contributed by atoms with E-state index in [2.05, 4.69) is 5.32 Å². The maximum atomic E-state index is 12.6. The minimum absolute atomic E-state index is 0.0370. The van der Waals surface area contributed by atoms with Gasteiger partial charge in [-0.1, -0.05) is 48.0 Å². The van der Waals surface area contributed by atoms with Crippen LogP contribution in [0, 0.1) is 13.8 Å².